The molecule has 2 aromatic heterocycles. The zero-order chi connectivity index (χ0) is 12.7. The smallest absolute Gasteiger partial charge is 0.134 e. The molecule has 2 aromatic rings. The number of nitrogens with zero attached hydrogens (tertiary/aromatic N) is 3. The number of hydrogen-bond donors (Lipinski definition) is 1. The third-order valence-corrected chi connectivity index (χ3v) is 2.52. The molecule has 2 heterocycles. The molecule has 1 N–H and O–H groups in total. The van der Waals surface area contributed by atoms with Crippen molar-refractivity contribution in [3.63, 3.8) is 0 Å². The summed E-state index contributed by atoms with van der Waals surface area (Å²) in [6.45, 7) is 7.07. The highest BCUT2D eigenvalue weighted by Crippen LogP contribution is 2.07. The van der Waals surface area contributed by atoms with E-state index in [0.29, 0.717) is 0 Å². The summed E-state index contributed by atoms with van der Waals surface area (Å²) < 4.78 is 7.10. The molecule has 2 rings (SSSR count). The molecule has 0 amide bonds. The van der Waals surface area contributed by atoms with Gasteiger partial charge < -0.3 is 14.3 Å². The van der Waals surface area contributed by atoms with Crippen molar-refractivity contribution in [3.8, 4) is 0 Å². The molecule has 1 unspecified atom stereocenters. The molecule has 1 atom stereocenters. The van der Waals surface area contributed by atoms with E-state index in [4.69, 9.17) is 4.74 Å². The van der Waals surface area contributed by atoms with Gasteiger partial charge in [0.15, 0.2) is 0 Å². The number of ether oxygens (including phenoxy) is 1. The molecule has 0 bridgehead atoms. The number of nitrogens with one attached hydrogen (secondary N) is 1. The maximum atomic E-state index is 5.00. The monoisotopic (exact) mass is 236 g/mol. The van der Waals surface area contributed by atoms with Gasteiger partial charge in [-0.05, 0) is 20.8 Å². The fourth-order valence-corrected chi connectivity index (χ4v) is 1.35. The average molecular weight is 236 g/mol. The van der Waals surface area contributed by atoms with E-state index in [-0.39, 0.29) is 6.10 Å². The molecule has 17 heavy (non-hydrogen) atoms. The molecule has 0 radical (unpaired) electrons. The van der Waals surface area contributed by atoms with Crippen LogP contribution >= 0.6 is 0 Å². The van der Waals surface area contributed by atoms with Crippen LogP contribution < -0.4 is 0 Å². The van der Waals surface area contributed by atoms with Crippen molar-refractivity contribution in [3.05, 3.63) is 36.4 Å². The summed E-state index contributed by atoms with van der Waals surface area (Å²) in [4.78, 5) is 11.0. The van der Waals surface area contributed by atoms with Crippen LogP contribution in [0.1, 0.15) is 31.6 Å². The summed E-state index contributed by atoms with van der Waals surface area (Å²) >= 11 is 0. The first-order chi connectivity index (χ1) is 8.19. The molecule has 0 aliphatic carbocycles. The largest absolute Gasteiger partial charge is 0.374 e. The maximum absolute atomic E-state index is 5.00. The summed E-state index contributed by atoms with van der Waals surface area (Å²) in [5, 5.41) is 0. The fraction of sp³-hybridized carbons (Fsp3) is 0.500. The standard InChI is InChI=1S/C6H10N2O.C6H10N2/c1-5(9-2)6-7-3-4-8-6;1-3-8-5-4-7-6(8)2/h3-5H,1-2H3,(H,7,8);4-5H,3H2,1-2H3. The Kier molecular flexibility index (Phi) is 5.42. The summed E-state index contributed by atoms with van der Waals surface area (Å²) in [6.07, 6.45) is 7.36. The highest BCUT2D eigenvalue weighted by atomic mass is 16.5. The Bertz CT molecular complexity index is 408. The van der Waals surface area contributed by atoms with Crippen LogP contribution in [0.25, 0.3) is 0 Å². The second kappa shape index (κ2) is 6.85. The molecule has 5 heteroatoms. The van der Waals surface area contributed by atoms with Crippen LogP contribution in [0.3, 0.4) is 0 Å². The first-order valence-electron chi connectivity index (χ1n) is 5.68. The van der Waals surface area contributed by atoms with Gasteiger partial charge in [-0.2, -0.15) is 0 Å². The van der Waals surface area contributed by atoms with Crippen LogP contribution in [0.15, 0.2) is 24.8 Å². The zero-order valence-corrected chi connectivity index (χ0v) is 10.8. The van der Waals surface area contributed by atoms with E-state index in [9.17, 15) is 0 Å². The summed E-state index contributed by atoms with van der Waals surface area (Å²) in [5.41, 5.74) is 0. The fourth-order valence-electron chi connectivity index (χ4n) is 1.35. The first-order valence-corrected chi connectivity index (χ1v) is 5.68. The Hall–Kier alpha value is -1.62. The number of aromatic nitrogens is 4. The van der Waals surface area contributed by atoms with Crippen molar-refractivity contribution >= 4 is 0 Å². The maximum Gasteiger partial charge on any atom is 0.134 e. The number of hydrogen-bond acceptors (Lipinski definition) is 3. The molecule has 0 aliphatic rings. The number of aromatic amines is 1. The predicted octanol–water partition coefficient (Wildman–Crippen LogP) is 2.33. The molecule has 0 aromatic carbocycles. The zero-order valence-electron chi connectivity index (χ0n) is 10.8. The summed E-state index contributed by atoms with van der Waals surface area (Å²) in [7, 11) is 1.66. The second-order valence-electron chi connectivity index (χ2n) is 3.61. The number of methoxy groups -OCH3 is 1. The molecular formula is C12H20N4O. The average Bonchev–Trinajstić information content (AvgIpc) is 2.99. The number of imidazole rings is 2. The number of H-pyrrole nitrogens is 1. The molecule has 94 valence electrons. The van der Waals surface area contributed by atoms with Gasteiger partial charge >= 0.3 is 0 Å². The lowest BCUT2D eigenvalue weighted by atomic mass is 10.4. The second-order valence-corrected chi connectivity index (χ2v) is 3.61. The van der Waals surface area contributed by atoms with Crippen LogP contribution in [0.5, 0.6) is 0 Å². The van der Waals surface area contributed by atoms with Gasteiger partial charge in [-0.1, -0.05) is 0 Å². The summed E-state index contributed by atoms with van der Waals surface area (Å²) in [5.74, 6) is 1.96. The topological polar surface area (TPSA) is 55.7 Å². The predicted molar refractivity (Wildman–Crippen MR) is 66.6 cm³/mol. The van der Waals surface area contributed by atoms with Crippen molar-refractivity contribution in [2.24, 2.45) is 0 Å². The SMILES string of the molecule is CCn1ccnc1C.COC(C)c1ncc[nH]1. The Balaban J connectivity index is 0.000000171. The van der Waals surface area contributed by atoms with E-state index in [1.807, 2.05) is 26.2 Å². The molecule has 0 fully saturated rings. The van der Waals surface area contributed by atoms with Crippen molar-refractivity contribution in [2.75, 3.05) is 7.11 Å². The lowest BCUT2D eigenvalue weighted by Crippen LogP contribution is -1.97. The van der Waals surface area contributed by atoms with Gasteiger partial charge in [-0.15, -0.1) is 0 Å². The van der Waals surface area contributed by atoms with Gasteiger partial charge in [0, 0.05) is 38.4 Å². The Morgan fingerprint density at radius 1 is 1.41 bits per heavy atom. The highest BCUT2D eigenvalue weighted by molar-refractivity contribution is 4.90. The first kappa shape index (κ1) is 13.4. The van der Waals surface area contributed by atoms with E-state index in [1.54, 1.807) is 19.5 Å². The third-order valence-electron chi connectivity index (χ3n) is 2.52. The lowest BCUT2D eigenvalue weighted by molar-refractivity contribution is 0.113. The Morgan fingerprint density at radius 3 is 2.53 bits per heavy atom. The number of aryl methyl sites for hydroxylation is 2. The van der Waals surface area contributed by atoms with Gasteiger partial charge in [0.25, 0.3) is 0 Å². The molecule has 0 saturated heterocycles. The quantitative estimate of drug-likeness (QED) is 0.889. The highest BCUT2D eigenvalue weighted by Gasteiger charge is 2.02. The van der Waals surface area contributed by atoms with Gasteiger partial charge in [-0.3, -0.25) is 0 Å². The molecule has 5 nitrogen and oxygen atoms in total. The normalized spacial score (nSPS) is 11.8. The van der Waals surface area contributed by atoms with Gasteiger partial charge in [0.2, 0.25) is 0 Å². The summed E-state index contributed by atoms with van der Waals surface area (Å²) in [6, 6.07) is 0. The number of rotatable bonds is 3. The van der Waals surface area contributed by atoms with E-state index < -0.39 is 0 Å². The van der Waals surface area contributed by atoms with Crippen LogP contribution in [-0.4, -0.2) is 26.6 Å². The van der Waals surface area contributed by atoms with E-state index in [1.165, 1.54) is 0 Å². The minimum Gasteiger partial charge on any atom is -0.374 e. The van der Waals surface area contributed by atoms with Crippen molar-refractivity contribution in [1.82, 2.24) is 19.5 Å². The molecular weight excluding hydrogens is 216 g/mol. The molecule has 0 saturated carbocycles. The van der Waals surface area contributed by atoms with Gasteiger partial charge in [0.1, 0.15) is 17.8 Å². The van der Waals surface area contributed by atoms with Crippen LogP contribution in [-0.2, 0) is 11.3 Å². The van der Waals surface area contributed by atoms with Crippen LogP contribution in [0.4, 0.5) is 0 Å². The Morgan fingerprint density at radius 2 is 2.18 bits per heavy atom. The minimum absolute atomic E-state index is 0.0694. The van der Waals surface area contributed by atoms with Crippen molar-refractivity contribution in [2.45, 2.75) is 33.4 Å². The molecule has 0 spiro atoms. The van der Waals surface area contributed by atoms with E-state index >= 15 is 0 Å². The minimum atomic E-state index is 0.0694. The lowest BCUT2D eigenvalue weighted by Gasteiger charge is -2.03. The van der Waals surface area contributed by atoms with E-state index in [0.717, 1.165) is 18.2 Å². The van der Waals surface area contributed by atoms with Gasteiger partial charge in [-0.25, -0.2) is 9.97 Å². The Labute approximate surface area is 102 Å². The molecule has 0 aliphatic heterocycles. The van der Waals surface area contributed by atoms with E-state index in [2.05, 4.69) is 26.4 Å². The van der Waals surface area contributed by atoms with Crippen molar-refractivity contribution in [1.29, 1.82) is 0 Å². The van der Waals surface area contributed by atoms with Gasteiger partial charge in [0.05, 0.1) is 0 Å². The van der Waals surface area contributed by atoms with Crippen LogP contribution in [0, 0.1) is 6.92 Å². The van der Waals surface area contributed by atoms with Crippen LogP contribution in [0.2, 0.25) is 0 Å². The van der Waals surface area contributed by atoms with Crippen molar-refractivity contribution < 1.29 is 4.74 Å². The third kappa shape index (κ3) is 4.03.